The van der Waals surface area contributed by atoms with Gasteiger partial charge >= 0.3 is 0 Å². The van der Waals surface area contributed by atoms with Gasteiger partial charge in [-0.15, -0.1) is 0 Å². The molecule has 3 heterocycles. The maximum Gasteiger partial charge on any atom is 0.227 e. The van der Waals surface area contributed by atoms with Crippen molar-refractivity contribution in [3.63, 3.8) is 0 Å². The van der Waals surface area contributed by atoms with Gasteiger partial charge in [0.05, 0.1) is 13.0 Å². The number of nitrogens with zero attached hydrogens (tertiary/aromatic N) is 1. The molecule has 0 aliphatic carbocycles. The molecule has 1 aromatic rings. The molecule has 2 saturated heterocycles. The van der Waals surface area contributed by atoms with Crippen molar-refractivity contribution in [2.24, 2.45) is 5.92 Å². The van der Waals surface area contributed by atoms with Crippen LogP contribution in [0.2, 0.25) is 0 Å². The first kappa shape index (κ1) is 15.8. The van der Waals surface area contributed by atoms with Crippen LogP contribution in [0.25, 0.3) is 0 Å². The molecule has 24 heavy (non-hydrogen) atoms. The Kier molecular flexibility index (Phi) is 4.35. The number of methoxy groups -OCH3 is 1. The second kappa shape index (κ2) is 6.63. The van der Waals surface area contributed by atoms with Crippen molar-refractivity contribution in [1.29, 1.82) is 0 Å². The van der Waals surface area contributed by atoms with E-state index in [1.54, 1.807) is 7.11 Å². The van der Waals surface area contributed by atoms with Crippen molar-refractivity contribution in [1.82, 2.24) is 10.2 Å². The fourth-order valence-electron chi connectivity index (χ4n) is 4.36. The van der Waals surface area contributed by atoms with Crippen LogP contribution in [0.4, 0.5) is 0 Å². The van der Waals surface area contributed by atoms with Crippen LogP contribution in [0.15, 0.2) is 18.2 Å². The third kappa shape index (κ3) is 2.97. The molecule has 1 N–H and O–H groups in total. The van der Waals surface area contributed by atoms with Gasteiger partial charge < -0.3 is 14.8 Å². The van der Waals surface area contributed by atoms with Crippen molar-refractivity contribution >= 4 is 5.91 Å². The van der Waals surface area contributed by atoms with Gasteiger partial charge in [0.2, 0.25) is 5.91 Å². The van der Waals surface area contributed by atoms with Crippen molar-refractivity contribution in [3.8, 4) is 11.5 Å². The number of ether oxygens (including phenoxy) is 2. The predicted molar refractivity (Wildman–Crippen MR) is 91.4 cm³/mol. The summed E-state index contributed by atoms with van der Waals surface area (Å²) < 4.78 is 11.0. The molecular formula is C19H26N2O3. The van der Waals surface area contributed by atoms with Gasteiger partial charge in [-0.3, -0.25) is 9.69 Å². The Morgan fingerprint density at radius 2 is 2.21 bits per heavy atom. The van der Waals surface area contributed by atoms with Gasteiger partial charge in [0, 0.05) is 24.7 Å². The molecule has 0 aromatic heterocycles. The maximum atomic E-state index is 12.7. The number of carbonyl (C=O) groups excluding carboxylic acids is 1. The van der Waals surface area contributed by atoms with E-state index in [0.29, 0.717) is 18.7 Å². The second-order valence-corrected chi connectivity index (χ2v) is 7.19. The van der Waals surface area contributed by atoms with Crippen molar-refractivity contribution in [3.05, 3.63) is 23.8 Å². The molecule has 3 aliphatic heterocycles. The number of nitrogens with one attached hydrogen (secondary N) is 1. The Balaban J connectivity index is 1.38. The number of carbonyl (C=O) groups is 1. The van der Waals surface area contributed by atoms with Crippen LogP contribution in [-0.2, 0) is 11.2 Å². The van der Waals surface area contributed by atoms with Crippen molar-refractivity contribution < 1.29 is 14.3 Å². The Hall–Kier alpha value is -1.75. The Morgan fingerprint density at radius 1 is 1.29 bits per heavy atom. The van der Waals surface area contributed by atoms with Gasteiger partial charge in [0.25, 0.3) is 0 Å². The Morgan fingerprint density at radius 3 is 3.08 bits per heavy atom. The zero-order chi connectivity index (χ0) is 16.5. The van der Waals surface area contributed by atoms with Crippen LogP contribution < -0.4 is 14.8 Å². The van der Waals surface area contributed by atoms with E-state index in [0.717, 1.165) is 36.4 Å². The summed E-state index contributed by atoms with van der Waals surface area (Å²) in [5.74, 6) is 1.69. The highest BCUT2D eigenvalue weighted by Crippen LogP contribution is 2.32. The maximum absolute atomic E-state index is 12.7. The molecule has 3 atom stereocenters. The third-order valence-corrected chi connectivity index (χ3v) is 5.74. The Labute approximate surface area is 143 Å². The lowest BCUT2D eigenvalue weighted by molar-refractivity contribution is -0.127. The summed E-state index contributed by atoms with van der Waals surface area (Å²) in [4.78, 5) is 15.3. The molecule has 0 radical (unpaired) electrons. The zero-order valence-electron chi connectivity index (χ0n) is 14.3. The van der Waals surface area contributed by atoms with Crippen LogP contribution in [0.3, 0.4) is 0 Å². The fourth-order valence-corrected chi connectivity index (χ4v) is 4.36. The molecule has 0 unspecified atom stereocenters. The average molecular weight is 330 g/mol. The minimum Gasteiger partial charge on any atom is -0.497 e. The van der Waals surface area contributed by atoms with Gasteiger partial charge in [-0.25, -0.2) is 0 Å². The normalized spacial score (nSPS) is 29.3. The van der Waals surface area contributed by atoms with Gasteiger partial charge in [0.1, 0.15) is 18.1 Å². The highest BCUT2D eigenvalue weighted by Gasteiger charge is 2.37. The van der Waals surface area contributed by atoms with Crippen molar-refractivity contribution in [2.75, 3.05) is 26.8 Å². The standard InChI is InChI=1S/C19H26N2O3/c1-23-15-6-5-13-10-14(12-24-18(13)11-15)19(22)20-16-7-9-21-8-3-2-4-17(16)21/h5-6,11,14,16-17H,2-4,7-10,12H2,1H3,(H,20,22)/t14-,16+,17+/m1/s1. The number of fused-ring (bicyclic) bond motifs is 2. The van der Waals surface area contributed by atoms with E-state index >= 15 is 0 Å². The lowest BCUT2D eigenvalue weighted by atomic mass is 9.94. The molecule has 4 rings (SSSR count). The SMILES string of the molecule is COc1ccc2c(c1)OC[C@H](C(=O)N[C@H]1CCN3CCCC[C@@H]13)C2. The summed E-state index contributed by atoms with van der Waals surface area (Å²) >= 11 is 0. The van der Waals surface area contributed by atoms with Crippen LogP contribution in [0.1, 0.15) is 31.2 Å². The van der Waals surface area contributed by atoms with E-state index in [1.165, 1.54) is 25.8 Å². The van der Waals surface area contributed by atoms with Crippen LogP contribution in [0, 0.1) is 5.92 Å². The van der Waals surface area contributed by atoms with E-state index in [-0.39, 0.29) is 11.8 Å². The summed E-state index contributed by atoms with van der Waals surface area (Å²) in [6.45, 7) is 2.77. The molecule has 3 aliphatic rings. The molecule has 5 heteroatoms. The first-order valence-corrected chi connectivity index (χ1v) is 9.09. The smallest absolute Gasteiger partial charge is 0.227 e. The molecule has 0 saturated carbocycles. The number of rotatable bonds is 3. The highest BCUT2D eigenvalue weighted by atomic mass is 16.5. The molecule has 5 nitrogen and oxygen atoms in total. The quantitative estimate of drug-likeness (QED) is 0.921. The third-order valence-electron chi connectivity index (χ3n) is 5.74. The summed E-state index contributed by atoms with van der Waals surface area (Å²) in [5, 5.41) is 3.32. The van der Waals surface area contributed by atoms with E-state index in [1.807, 2.05) is 18.2 Å². The molecule has 0 bridgehead atoms. The first-order chi connectivity index (χ1) is 11.7. The van der Waals surface area contributed by atoms with E-state index < -0.39 is 0 Å². The Bertz CT molecular complexity index is 619. The number of piperidine rings is 1. The summed E-state index contributed by atoms with van der Waals surface area (Å²) in [6.07, 6.45) is 5.63. The number of amides is 1. The summed E-state index contributed by atoms with van der Waals surface area (Å²) in [7, 11) is 1.65. The largest absolute Gasteiger partial charge is 0.497 e. The van der Waals surface area contributed by atoms with E-state index in [2.05, 4.69) is 10.2 Å². The second-order valence-electron chi connectivity index (χ2n) is 7.19. The first-order valence-electron chi connectivity index (χ1n) is 9.09. The van der Waals surface area contributed by atoms with Gasteiger partial charge in [0.15, 0.2) is 0 Å². The van der Waals surface area contributed by atoms with Gasteiger partial charge in [-0.05, 0) is 43.9 Å². The minimum atomic E-state index is -0.0939. The van der Waals surface area contributed by atoms with Crippen LogP contribution in [-0.4, -0.2) is 49.7 Å². The monoisotopic (exact) mass is 330 g/mol. The number of hydrogen-bond donors (Lipinski definition) is 1. The molecule has 1 aromatic carbocycles. The van der Waals surface area contributed by atoms with E-state index in [4.69, 9.17) is 9.47 Å². The summed E-state index contributed by atoms with van der Waals surface area (Å²) in [5.41, 5.74) is 1.09. The average Bonchev–Trinajstić information content (AvgIpc) is 3.04. The van der Waals surface area contributed by atoms with Crippen LogP contribution in [0.5, 0.6) is 11.5 Å². The predicted octanol–water partition coefficient (Wildman–Crippen LogP) is 1.99. The van der Waals surface area contributed by atoms with Crippen LogP contribution >= 0.6 is 0 Å². The van der Waals surface area contributed by atoms with Gasteiger partial charge in [-0.2, -0.15) is 0 Å². The topological polar surface area (TPSA) is 50.8 Å². The molecule has 130 valence electrons. The molecule has 1 amide bonds. The van der Waals surface area contributed by atoms with Gasteiger partial charge in [-0.1, -0.05) is 12.5 Å². The van der Waals surface area contributed by atoms with Crippen molar-refractivity contribution in [2.45, 2.75) is 44.2 Å². The number of hydrogen-bond acceptors (Lipinski definition) is 4. The highest BCUT2D eigenvalue weighted by molar-refractivity contribution is 5.80. The minimum absolute atomic E-state index is 0.0939. The zero-order valence-corrected chi connectivity index (χ0v) is 14.3. The molecule has 0 spiro atoms. The lowest BCUT2D eigenvalue weighted by Gasteiger charge is -2.33. The van der Waals surface area contributed by atoms with E-state index in [9.17, 15) is 4.79 Å². The molecular weight excluding hydrogens is 304 g/mol. The number of benzene rings is 1. The molecule has 2 fully saturated rings. The lowest BCUT2D eigenvalue weighted by Crippen LogP contribution is -2.49. The summed E-state index contributed by atoms with van der Waals surface area (Å²) in [6, 6.07) is 6.70. The fraction of sp³-hybridized carbons (Fsp3) is 0.632.